The third-order valence-corrected chi connectivity index (χ3v) is 6.55. The van der Waals surface area contributed by atoms with Gasteiger partial charge in [-0.1, -0.05) is 23.7 Å². The first-order valence-electron chi connectivity index (χ1n) is 5.20. The Hall–Kier alpha value is -0.510. The lowest BCUT2D eigenvalue weighted by Gasteiger charge is -2.10. The molecule has 0 aliphatic rings. The van der Waals surface area contributed by atoms with E-state index in [-0.39, 0.29) is 20.3 Å². The van der Waals surface area contributed by atoms with Crippen LogP contribution in [0.4, 0.5) is 13.2 Å². The third kappa shape index (κ3) is 3.01. The van der Waals surface area contributed by atoms with Crippen molar-refractivity contribution >= 4 is 53.3 Å². The summed E-state index contributed by atoms with van der Waals surface area (Å²) in [6.07, 6.45) is 0. The summed E-state index contributed by atoms with van der Waals surface area (Å²) in [4.78, 5) is 1.70. The van der Waals surface area contributed by atoms with Crippen molar-refractivity contribution in [2.24, 2.45) is 0 Å². The fraction of sp³-hybridized carbons (Fsp3) is 0.0909. The maximum Gasteiger partial charge on any atom is 0.502 e. The van der Waals surface area contributed by atoms with E-state index in [2.05, 4.69) is 36.8 Å². The number of hydrogen-bond donors (Lipinski definition) is 1. The highest BCUT2D eigenvalue weighted by Crippen LogP contribution is 2.43. The first kappa shape index (κ1) is 16.9. The molecule has 0 atom stereocenters. The van der Waals surface area contributed by atoms with Gasteiger partial charge in [0.1, 0.15) is 4.90 Å². The third-order valence-electron chi connectivity index (χ3n) is 2.56. The zero-order valence-corrected chi connectivity index (χ0v) is 14.5. The lowest BCUT2D eigenvalue weighted by molar-refractivity contribution is -0.0436. The van der Waals surface area contributed by atoms with Crippen LogP contribution in [0.3, 0.4) is 0 Å². The highest BCUT2D eigenvalue weighted by Gasteiger charge is 2.50. The van der Waals surface area contributed by atoms with Gasteiger partial charge in [0.2, 0.25) is 0 Å². The predicted molar refractivity (Wildman–Crippen MR) is 79.9 cm³/mol. The monoisotopic (exact) mass is 465 g/mol. The first-order valence-corrected chi connectivity index (χ1v) is 8.64. The molecule has 1 N–H and O–H groups in total. The van der Waals surface area contributed by atoms with Crippen molar-refractivity contribution in [1.82, 2.24) is 4.98 Å². The minimum atomic E-state index is -5.52. The largest absolute Gasteiger partial charge is 0.502 e. The van der Waals surface area contributed by atoms with Crippen LogP contribution in [0.2, 0.25) is 5.02 Å². The highest BCUT2D eigenvalue weighted by atomic mass is 79.9. The molecule has 2 aromatic rings. The van der Waals surface area contributed by atoms with E-state index in [9.17, 15) is 21.6 Å². The number of aromatic nitrogens is 1. The Kier molecular flexibility index (Phi) is 4.50. The number of rotatable bonds is 2. The van der Waals surface area contributed by atoms with Crippen LogP contribution in [0.25, 0.3) is 11.3 Å². The van der Waals surface area contributed by atoms with Crippen molar-refractivity contribution < 1.29 is 21.6 Å². The Morgan fingerprint density at radius 1 is 1.10 bits per heavy atom. The standard InChI is InChI=1S/C11H5Br2ClF3NO2S/c12-7-9(21(19,20)11(15,16)17)8(18-10(7)13)5-1-3-6(14)4-2-5/h1-4,18H. The summed E-state index contributed by atoms with van der Waals surface area (Å²) in [5.74, 6) is 0. The summed E-state index contributed by atoms with van der Waals surface area (Å²) in [5.41, 5.74) is -5.32. The second-order valence-electron chi connectivity index (χ2n) is 3.91. The summed E-state index contributed by atoms with van der Waals surface area (Å²) in [6, 6.07) is 5.73. The van der Waals surface area contributed by atoms with Gasteiger partial charge in [-0.2, -0.15) is 13.2 Å². The molecule has 0 unspecified atom stereocenters. The lowest BCUT2D eigenvalue weighted by atomic mass is 10.2. The number of H-pyrrole nitrogens is 1. The number of aromatic amines is 1. The maximum atomic E-state index is 12.8. The van der Waals surface area contributed by atoms with Crippen molar-refractivity contribution in [3.63, 3.8) is 0 Å². The van der Waals surface area contributed by atoms with Crippen LogP contribution >= 0.6 is 43.5 Å². The van der Waals surface area contributed by atoms with Crippen LogP contribution in [0.5, 0.6) is 0 Å². The molecule has 1 aromatic heterocycles. The van der Waals surface area contributed by atoms with Crippen LogP contribution < -0.4 is 0 Å². The second-order valence-corrected chi connectivity index (χ2v) is 7.81. The average molecular weight is 467 g/mol. The zero-order chi connectivity index (χ0) is 16.0. The van der Waals surface area contributed by atoms with Crippen molar-refractivity contribution in [2.75, 3.05) is 0 Å². The van der Waals surface area contributed by atoms with Gasteiger partial charge in [0.05, 0.1) is 14.8 Å². The average Bonchev–Trinajstić information content (AvgIpc) is 2.65. The van der Waals surface area contributed by atoms with Crippen LogP contribution in [0.15, 0.2) is 38.2 Å². The van der Waals surface area contributed by atoms with Crippen LogP contribution in [0.1, 0.15) is 0 Å². The molecular weight excluding hydrogens is 462 g/mol. The normalized spacial score (nSPS) is 12.7. The molecule has 0 aliphatic heterocycles. The summed E-state index contributed by atoms with van der Waals surface area (Å²) < 4.78 is 61.8. The summed E-state index contributed by atoms with van der Waals surface area (Å²) in [6.45, 7) is 0. The summed E-state index contributed by atoms with van der Waals surface area (Å²) in [7, 11) is -5.52. The number of benzene rings is 1. The number of halogens is 6. The minimum absolute atomic E-state index is 0.0928. The van der Waals surface area contributed by atoms with Crippen molar-refractivity contribution in [1.29, 1.82) is 0 Å². The molecule has 21 heavy (non-hydrogen) atoms. The van der Waals surface area contributed by atoms with Crippen LogP contribution in [-0.2, 0) is 9.84 Å². The maximum absolute atomic E-state index is 12.8. The summed E-state index contributed by atoms with van der Waals surface area (Å²) in [5, 5.41) is 0.378. The van der Waals surface area contributed by atoms with Gasteiger partial charge in [-0.3, -0.25) is 0 Å². The molecule has 0 fully saturated rings. The summed E-state index contributed by atoms with van der Waals surface area (Å²) >= 11 is 11.5. The van der Waals surface area contributed by atoms with Crippen LogP contribution in [0, 0.1) is 0 Å². The van der Waals surface area contributed by atoms with E-state index in [1.165, 1.54) is 24.3 Å². The molecule has 0 spiro atoms. The molecule has 0 amide bonds. The van der Waals surface area contributed by atoms with Gasteiger partial charge < -0.3 is 4.98 Å². The van der Waals surface area contributed by atoms with Gasteiger partial charge >= 0.3 is 5.51 Å². The van der Waals surface area contributed by atoms with Gasteiger partial charge in [0.15, 0.2) is 0 Å². The number of sulfone groups is 1. The molecule has 3 nitrogen and oxygen atoms in total. The zero-order valence-electron chi connectivity index (χ0n) is 9.80. The molecular formula is C11H5Br2ClF3NO2S. The minimum Gasteiger partial charge on any atom is -0.347 e. The Labute approximate surface area is 139 Å². The second kappa shape index (κ2) is 5.60. The van der Waals surface area contributed by atoms with E-state index < -0.39 is 20.2 Å². The van der Waals surface area contributed by atoms with Crippen LogP contribution in [-0.4, -0.2) is 18.9 Å². The first-order chi connectivity index (χ1) is 9.55. The lowest BCUT2D eigenvalue weighted by Crippen LogP contribution is -2.23. The Morgan fingerprint density at radius 2 is 1.62 bits per heavy atom. The van der Waals surface area contributed by atoms with E-state index >= 15 is 0 Å². The topological polar surface area (TPSA) is 49.9 Å². The van der Waals surface area contributed by atoms with E-state index in [0.29, 0.717) is 5.02 Å². The van der Waals surface area contributed by atoms with Gasteiger partial charge in [-0.15, -0.1) is 0 Å². The molecule has 0 aliphatic carbocycles. The number of hydrogen-bond acceptors (Lipinski definition) is 2. The molecule has 1 heterocycles. The quantitative estimate of drug-likeness (QED) is 0.664. The molecule has 1 aromatic carbocycles. The van der Waals surface area contributed by atoms with Gasteiger partial charge in [0, 0.05) is 5.02 Å². The Morgan fingerprint density at radius 3 is 2.10 bits per heavy atom. The molecule has 0 bridgehead atoms. The number of nitrogens with one attached hydrogen (secondary N) is 1. The molecule has 114 valence electrons. The van der Waals surface area contributed by atoms with E-state index in [1.807, 2.05) is 0 Å². The fourth-order valence-electron chi connectivity index (χ4n) is 1.62. The molecule has 2 rings (SSSR count). The Balaban J connectivity index is 2.76. The smallest absolute Gasteiger partial charge is 0.347 e. The molecule has 0 radical (unpaired) electrons. The van der Waals surface area contributed by atoms with Crippen molar-refractivity contribution in [3.05, 3.63) is 38.4 Å². The van der Waals surface area contributed by atoms with Crippen molar-refractivity contribution in [3.8, 4) is 11.3 Å². The highest BCUT2D eigenvalue weighted by molar-refractivity contribution is 9.13. The van der Waals surface area contributed by atoms with E-state index in [0.717, 1.165) is 0 Å². The number of alkyl halides is 3. The molecule has 0 saturated heterocycles. The molecule has 0 saturated carbocycles. The van der Waals surface area contributed by atoms with E-state index in [1.54, 1.807) is 0 Å². The van der Waals surface area contributed by atoms with Gasteiger partial charge in [-0.05, 0) is 49.6 Å². The fourth-order valence-corrected chi connectivity index (χ4v) is 4.22. The SMILES string of the molecule is O=S(=O)(c1c(-c2ccc(Cl)cc2)[nH]c(Br)c1Br)C(F)(F)F. The van der Waals surface area contributed by atoms with E-state index in [4.69, 9.17) is 11.6 Å². The Bertz CT molecular complexity index is 785. The molecule has 10 heteroatoms. The van der Waals surface area contributed by atoms with Gasteiger partial charge in [-0.25, -0.2) is 8.42 Å². The van der Waals surface area contributed by atoms with Crippen molar-refractivity contribution in [2.45, 2.75) is 10.4 Å². The predicted octanol–water partition coefficient (Wildman–Crippen LogP) is 5.15. The van der Waals surface area contributed by atoms with Gasteiger partial charge in [0.25, 0.3) is 9.84 Å².